The van der Waals surface area contributed by atoms with Gasteiger partial charge >= 0.3 is 12.1 Å². The molecular weight excluding hydrogens is 388 g/mol. The van der Waals surface area contributed by atoms with Gasteiger partial charge in [-0.1, -0.05) is 41.0 Å². The van der Waals surface area contributed by atoms with Gasteiger partial charge in [0.25, 0.3) is 0 Å². The summed E-state index contributed by atoms with van der Waals surface area (Å²) in [4.78, 5) is 33.4. The van der Waals surface area contributed by atoms with Crippen LogP contribution in [0.1, 0.15) is 28.4 Å². The number of oxime groups is 1. The third kappa shape index (κ3) is 5.62. The summed E-state index contributed by atoms with van der Waals surface area (Å²) < 4.78 is 9.17. The molecule has 1 amide bonds. The predicted octanol–water partition coefficient (Wildman–Crippen LogP) is 3.72. The van der Waals surface area contributed by atoms with Gasteiger partial charge in [0.15, 0.2) is 5.75 Å². The monoisotopic (exact) mass is 406 g/mol. The molecule has 0 aliphatic carbocycles. The number of benzene rings is 2. The molecule has 1 N–H and O–H groups in total. The lowest BCUT2D eigenvalue weighted by molar-refractivity contribution is 0.0593. The number of esters is 1. The first-order valence-corrected chi connectivity index (χ1v) is 8.47. The van der Waals surface area contributed by atoms with Crippen molar-refractivity contribution >= 4 is 29.4 Å². The van der Waals surface area contributed by atoms with Crippen molar-refractivity contribution in [3.8, 4) is 5.75 Å². The Hall–Kier alpha value is -3.26. The maximum Gasteiger partial charge on any atom is 0.440 e. The summed E-state index contributed by atoms with van der Waals surface area (Å²) in [7, 11) is 2.53. The number of nitrogens with one attached hydrogen (secondary N) is 1. The zero-order valence-corrected chi connectivity index (χ0v) is 16.3. The molecular formula is C19H19ClN2O6. The average Bonchev–Trinajstić information content (AvgIpc) is 2.72. The number of nitrogens with zero attached hydrogens (tertiary/aromatic N) is 1. The van der Waals surface area contributed by atoms with Gasteiger partial charge in [0.05, 0.1) is 30.5 Å². The van der Waals surface area contributed by atoms with E-state index in [9.17, 15) is 9.59 Å². The minimum Gasteiger partial charge on any atom is -0.465 e. The molecule has 2 aromatic carbocycles. The molecule has 0 spiro atoms. The van der Waals surface area contributed by atoms with Crippen LogP contribution >= 0.6 is 11.6 Å². The molecule has 9 heteroatoms. The van der Waals surface area contributed by atoms with Gasteiger partial charge in [-0.05, 0) is 25.1 Å². The minimum absolute atomic E-state index is 0.0868. The van der Waals surface area contributed by atoms with Crippen LogP contribution in [0.25, 0.3) is 0 Å². The molecule has 2 aromatic rings. The molecule has 0 saturated carbocycles. The standard InChI is InChI=1S/C19H19ClN2O6/c1-12(13-8-9-16(20)17(10-13)28-22-19(24)26-3)21-27-11-14-6-4-5-7-15(14)18(23)25-2/h4-10H,11H2,1-3H3,(H,22,24)/b21-12+. The second kappa shape index (κ2) is 10.2. The van der Waals surface area contributed by atoms with Crippen LogP contribution in [0.4, 0.5) is 4.79 Å². The summed E-state index contributed by atoms with van der Waals surface area (Å²) in [6.07, 6.45) is -0.764. The van der Waals surface area contributed by atoms with E-state index in [2.05, 4.69) is 15.4 Å². The van der Waals surface area contributed by atoms with E-state index < -0.39 is 12.1 Å². The van der Waals surface area contributed by atoms with Crippen LogP contribution in [0.2, 0.25) is 5.02 Å². The van der Waals surface area contributed by atoms with Gasteiger partial charge in [-0.2, -0.15) is 5.48 Å². The second-order valence-electron chi connectivity index (χ2n) is 5.44. The topological polar surface area (TPSA) is 95.5 Å². The number of ether oxygens (including phenoxy) is 2. The number of methoxy groups -OCH3 is 2. The second-order valence-corrected chi connectivity index (χ2v) is 5.85. The molecule has 0 aliphatic heterocycles. The van der Waals surface area contributed by atoms with Crippen molar-refractivity contribution in [2.75, 3.05) is 14.2 Å². The number of amides is 1. The normalized spacial score (nSPS) is 10.8. The van der Waals surface area contributed by atoms with Crippen LogP contribution < -0.4 is 10.3 Å². The fraction of sp³-hybridized carbons (Fsp3) is 0.211. The van der Waals surface area contributed by atoms with E-state index in [4.69, 9.17) is 26.0 Å². The Morgan fingerprint density at radius 1 is 1.11 bits per heavy atom. The number of halogens is 1. The average molecular weight is 407 g/mol. The molecule has 0 atom stereocenters. The van der Waals surface area contributed by atoms with Gasteiger partial charge in [-0.25, -0.2) is 9.59 Å². The third-order valence-electron chi connectivity index (χ3n) is 3.62. The lowest BCUT2D eigenvalue weighted by atomic mass is 10.1. The van der Waals surface area contributed by atoms with Crippen molar-refractivity contribution in [3.63, 3.8) is 0 Å². The molecule has 0 fully saturated rings. The number of hydrogen-bond acceptors (Lipinski definition) is 7. The van der Waals surface area contributed by atoms with E-state index in [-0.39, 0.29) is 12.4 Å². The SMILES string of the molecule is COC(=O)NOc1cc(/C(C)=N/OCc2ccccc2C(=O)OC)ccc1Cl. The highest BCUT2D eigenvalue weighted by Crippen LogP contribution is 2.25. The molecule has 0 heterocycles. The quantitative estimate of drug-likeness (QED) is 0.427. The van der Waals surface area contributed by atoms with Gasteiger partial charge in [-0.15, -0.1) is 0 Å². The molecule has 0 aromatic heterocycles. The van der Waals surface area contributed by atoms with E-state index in [1.54, 1.807) is 49.4 Å². The zero-order chi connectivity index (χ0) is 20.5. The van der Waals surface area contributed by atoms with Gasteiger partial charge < -0.3 is 19.1 Å². The summed E-state index contributed by atoms with van der Waals surface area (Å²) in [5.41, 5.74) is 4.34. The molecule has 148 valence electrons. The van der Waals surface area contributed by atoms with E-state index in [0.29, 0.717) is 27.4 Å². The van der Waals surface area contributed by atoms with Crippen LogP contribution in [0.15, 0.2) is 47.6 Å². The smallest absolute Gasteiger partial charge is 0.440 e. The van der Waals surface area contributed by atoms with Crippen molar-refractivity contribution < 1.29 is 28.7 Å². The van der Waals surface area contributed by atoms with Gasteiger partial charge in [-0.3, -0.25) is 0 Å². The Morgan fingerprint density at radius 2 is 1.86 bits per heavy atom. The highest BCUT2D eigenvalue weighted by molar-refractivity contribution is 6.32. The largest absolute Gasteiger partial charge is 0.465 e. The summed E-state index contributed by atoms with van der Waals surface area (Å²) >= 11 is 6.04. The zero-order valence-electron chi connectivity index (χ0n) is 15.5. The Labute approximate surface area is 166 Å². The highest BCUT2D eigenvalue weighted by Gasteiger charge is 2.12. The van der Waals surface area contributed by atoms with Crippen molar-refractivity contribution in [1.82, 2.24) is 5.48 Å². The first-order valence-electron chi connectivity index (χ1n) is 8.09. The fourth-order valence-corrected chi connectivity index (χ4v) is 2.31. The first-order chi connectivity index (χ1) is 13.5. The minimum atomic E-state index is -0.764. The molecule has 8 nitrogen and oxygen atoms in total. The summed E-state index contributed by atoms with van der Waals surface area (Å²) in [5.74, 6) is -0.229. The van der Waals surface area contributed by atoms with Crippen molar-refractivity contribution in [3.05, 3.63) is 64.2 Å². The summed E-state index contributed by atoms with van der Waals surface area (Å²) in [6.45, 7) is 1.82. The summed E-state index contributed by atoms with van der Waals surface area (Å²) in [5, 5.41) is 4.34. The number of rotatable bonds is 7. The lowest BCUT2D eigenvalue weighted by Crippen LogP contribution is -2.26. The number of hydroxylamine groups is 1. The van der Waals surface area contributed by atoms with Crippen molar-refractivity contribution in [1.29, 1.82) is 0 Å². The van der Waals surface area contributed by atoms with Crippen LogP contribution in [-0.4, -0.2) is 32.0 Å². The number of carbonyl (C=O) groups excluding carboxylic acids is 2. The predicted molar refractivity (Wildman–Crippen MR) is 102 cm³/mol. The van der Waals surface area contributed by atoms with Crippen LogP contribution in [0, 0.1) is 0 Å². The molecule has 28 heavy (non-hydrogen) atoms. The van der Waals surface area contributed by atoms with Gasteiger partial charge in [0.2, 0.25) is 0 Å². The maximum atomic E-state index is 11.8. The van der Waals surface area contributed by atoms with E-state index in [0.717, 1.165) is 0 Å². The first kappa shape index (κ1) is 21.0. The number of hydrogen-bond donors (Lipinski definition) is 1. The Balaban J connectivity index is 2.08. The maximum absolute atomic E-state index is 11.8. The molecule has 0 radical (unpaired) electrons. The van der Waals surface area contributed by atoms with Gasteiger partial charge in [0, 0.05) is 11.1 Å². The van der Waals surface area contributed by atoms with E-state index >= 15 is 0 Å². The van der Waals surface area contributed by atoms with Crippen LogP contribution in [-0.2, 0) is 20.9 Å². The molecule has 0 saturated heterocycles. The van der Waals surface area contributed by atoms with E-state index in [1.165, 1.54) is 14.2 Å². The van der Waals surface area contributed by atoms with Gasteiger partial charge in [0.1, 0.15) is 6.61 Å². The number of carbonyl (C=O) groups is 2. The van der Waals surface area contributed by atoms with Crippen molar-refractivity contribution in [2.45, 2.75) is 13.5 Å². The van der Waals surface area contributed by atoms with E-state index in [1.807, 2.05) is 0 Å². The fourth-order valence-electron chi connectivity index (χ4n) is 2.15. The Morgan fingerprint density at radius 3 is 2.57 bits per heavy atom. The van der Waals surface area contributed by atoms with Crippen LogP contribution in [0.3, 0.4) is 0 Å². The summed E-state index contributed by atoms with van der Waals surface area (Å²) in [6, 6.07) is 11.8. The third-order valence-corrected chi connectivity index (χ3v) is 3.94. The Bertz CT molecular complexity index is 884. The Kier molecular flexibility index (Phi) is 7.65. The lowest BCUT2D eigenvalue weighted by Gasteiger charge is -2.10. The van der Waals surface area contributed by atoms with Crippen LogP contribution in [0.5, 0.6) is 5.75 Å². The molecule has 0 unspecified atom stereocenters. The molecule has 0 aliphatic rings. The highest BCUT2D eigenvalue weighted by atomic mass is 35.5. The molecule has 2 rings (SSSR count). The molecule has 0 bridgehead atoms. The van der Waals surface area contributed by atoms with Crippen molar-refractivity contribution in [2.24, 2.45) is 5.16 Å².